The first kappa shape index (κ1) is 11.4. The van der Waals surface area contributed by atoms with Crippen molar-refractivity contribution < 1.29 is 19.4 Å². The third-order valence-corrected chi connectivity index (χ3v) is 3.62. The summed E-state index contributed by atoms with van der Waals surface area (Å²) in [6.45, 7) is 4.48. The van der Waals surface area contributed by atoms with Crippen LogP contribution in [0.5, 0.6) is 0 Å². The van der Waals surface area contributed by atoms with Crippen molar-refractivity contribution in [3.05, 3.63) is 0 Å². The van der Waals surface area contributed by atoms with Gasteiger partial charge in [0.1, 0.15) is 0 Å². The zero-order valence-corrected chi connectivity index (χ0v) is 9.58. The maximum atomic E-state index is 11.9. The lowest BCUT2D eigenvalue weighted by Gasteiger charge is -2.24. The first-order valence-electron chi connectivity index (χ1n) is 5.51. The van der Waals surface area contributed by atoms with Gasteiger partial charge in [-0.05, 0) is 11.8 Å². The summed E-state index contributed by atoms with van der Waals surface area (Å²) in [6, 6.07) is 0. The van der Waals surface area contributed by atoms with Gasteiger partial charge in [0.25, 0.3) is 0 Å². The van der Waals surface area contributed by atoms with E-state index in [4.69, 9.17) is 9.84 Å². The summed E-state index contributed by atoms with van der Waals surface area (Å²) in [6.07, 6.45) is 1.18. The Balaban J connectivity index is 2.02. The number of carboxylic acid groups (broad SMARTS) is 1. The maximum absolute atomic E-state index is 11.9. The summed E-state index contributed by atoms with van der Waals surface area (Å²) in [4.78, 5) is 23.0. The van der Waals surface area contributed by atoms with Gasteiger partial charge in [0.15, 0.2) is 5.54 Å². The molecule has 2 N–H and O–H groups in total. The number of rotatable bonds is 3. The van der Waals surface area contributed by atoms with Crippen LogP contribution in [-0.4, -0.2) is 35.7 Å². The fraction of sp³-hybridized carbons (Fsp3) is 0.818. The molecule has 16 heavy (non-hydrogen) atoms. The minimum Gasteiger partial charge on any atom is -0.479 e. The number of hydrogen-bond donors (Lipinski definition) is 2. The molecule has 1 heterocycles. The van der Waals surface area contributed by atoms with Crippen LogP contribution in [0.25, 0.3) is 0 Å². The second-order valence-electron chi connectivity index (χ2n) is 5.42. The van der Waals surface area contributed by atoms with Gasteiger partial charge in [-0.15, -0.1) is 0 Å². The molecule has 0 bridgehead atoms. The summed E-state index contributed by atoms with van der Waals surface area (Å²) in [5.41, 5.74) is -1.18. The van der Waals surface area contributed by atoms with E-state index in [0.29, 0.717) is 13.0 Å². The highest BCUT2D eigenvalue weighted by Crippen LogP contribution is 2.51. The van der Waals surface area contributed by atoms with E-state index in [2.05, 4.69) is 5.32 Å². The molecule has 2 fully saturated rings. The number of aliphatic carboxylic acids is 1. The van der Waals surface area contributed by atoms with Crippen LogP contribution in [0.4, 0.5) is 0 Å². The number of hydrogen-bond acceptors (Lipinski definition) is 3. The predicted molar refractivity (Wildman–Crippen MR) is 55.8 cm³/mol. The largest absolute Gasteiger partial charge is 0.479 e. The fourth-order valence-electron chi connectivity index (χ4n) is 2.12. The summed E-state index contributed by atoms with van der Waals surface area (Å²) in [5, 5.41) is 11.8. The Labute approximate surface area is 94.2 Å². The number of amides is 1. The molecule has 0 aromatic carbocycles. The van der Waals surface area contributed by atoms with Crippen molar-refractivity contribution in [2.45, 2.75) is 32.2 Å². The molecule has 5 nitrogen and oxygen atoms in total. The highest BCUT2D eigenvalue weighted by atomic mass is 16.5. The minimum absolute atomic E-state index is 0.0171. The van der Waals surface area contributed by atoms with E-state index in [1.807, 2.05) is 13.8 Å². The van der Waals surface area contributed by atoms with Crippen LogP contribution in [0.1, 0.15) is 26.7 Å². The lowest BCUT2D eigenvalue weighted by molar-refractivity contribution is -0.148. The molecule has 2 atom stereocenters. The number of carbonyl (C=O) groups is 2. The molecule has 2 aliphatic rings. The molecule has 0 spiro atoms. The SMILES string of the molecule is CC1(C)C[C@@H]1C(=O)NC1(C(=O)O)CCOC1. The smallest absolute Gasteiger partial charge is 0.331 e. The van der Waals surface area contributed by atoms with E-state index in [0.717, 1.165) is 6.42 Å². The van der Waals surface area contributed by atoms with Crippen LogP contribution in [-0.2, 0) is 14.3 Å². The number of carbonyl (C=O) groups excluding carboxylic acids is 1. The number of ether oxygens (including phenoxy) is 1. The van der Waals surface area contributed by atoms with Crippen LogP contribution in [0, 0.1) is 11.3 Å². The zero-order chi connectivity index (χ0) is 12.0. The van der Waals surface area contributed by atoms with Gasteiger partial charge in [-0.1, -0.05) is 13.8 Å². The van der Waals surface area contributed by atoms with Crippen LogP contribution in [0.15, 0.2) is 0 Å². The Bertz CT molecular complexity index is 331. The lowest BCUT2D eigenvalue weighted by Crippen LogP contribution is -2.55. The van der Waals surface area contributed by atoms with E-state index < -0.39 is 11.5 Å². The molecule has 2 rings (SSSR count). The van der Waals surface area contributed by atoms with Crippen molar-refractivity contribution in [2.75, 3.05) is 13.2 Å². The van der Waals surface area contributed by atoms with E-state index >= 15 is 0 Å². The van der Waals surface area contributed by atoms with Crippen molar-refractivity contribution in [2.24, 2.45) is 11.3 Å². The van der Waals surface area contributed by atoms with Crippen molar-refractivity contribution in [3.8, 4) is 0 Å². The van der Waals surface area contributed by atoms with Gasteiger partial charge in [0.2, 0.25) is 5.91 Å². The number of nitrogens with one attached hydrogen (secondary N) is 1. The molecule has 0 aromatic heterocycles. The highest BCUT2D eigenvalue weighted by Gasteiger charge is 2.53. The summed E-state index contributed by atoms with van der Waals surface area (Å²) < 4.78 is 5.08. The van der Waals surface area contributed by atoms with Gasteiger partial charge in [-0.2, -0.15) is 0 Å². The summed E-state index contributed by atoms with van der Waals surface area (Å²) >= 11 is 0. The molecular weight excluding hydrogens is 210 g/mol. The third-order valence-electron chi connectivity index (χ3n) is 3.62. The molecule has 0 aromatic rings. The Hall–Kier alpha value is -1.10. The van der Waals surface area contributed by atoms with E-state index in [1.54, 1.807) is 0 Å². The van der Waals surface area contributed by atoms with E-state index in [1.165, 1.54) is 0 Å². The van der Waals surface area contributed by atoms with Gasteiger partial charge < -0.3 is 15.2 Å². The van der Waals surface area contributed by atoms with Gasteiger partial charge in [-0.25, -0.2) is 4.79 Å². The molecule has 1 saturated carbocycles. The van der Waals surface area contributed by atoms with Crippen LogP contribution in [0.3, 0.4) is 0 Å². The van der Waals surface area contributed by atoms with E-state index in [-0.39, 0.29) is 23.8 Å². The molecular formula is C11H17NO4. The standard InChI is InChI=1S/C11H17NO4/c1-10(2)5-7(10)8(13)12-11(9(14)15)3-4-16-6-11/h7H,3-6H2,1-2H3,(H,12,13)(H,14,15)/t7-,11?/m1/s1. The normalized spacial score (nSPS) is 35.8. The average Bonchev–Trinajstić information content (AvgIpc) is 2.63. The Kier molecular flexibility index (Phi) is 2.45. The van der Waals surface area contributed by atoms with Gasteiger partial charge in [-0.3, -0.25) is 4.79 Å². The lowest BCUT2D eigenvalue weighted by atomic mass is 9.98. The zero-order valence-electron chi connectivity index (χ0n) is 9.58. The highest BCUT2D eigenvalue weighted by molar-refractivity contribution is 5.90. The van der Waals surface area contributed by atoms with Crippen LogP contribution < -0.4 is 5.32 Å². The molecule has 1 aliphatic heterocycles. The van der Waals surface area contributed by atoms with Crippen LogP contribution in [0.2, 0.25) is 0 Å². The summed E-state index contributed by atoms with van der Waals surface area (Å²) in [7, 11) is 0. The molecule has 0 radical (unpaired) electrons. The molecule has 1 saturated heterocycles. The van der Waals surface area contributed by atoms with Crippen molar-refractivity contribution >= 4 is 11.9 Å². The second kappa shape index (κ2) is 3.45. The summed E-state index contributed by atoms with van der Waals surface area (Å²) in [5.74, 6) is -1.21. The Morgan fingerprint density at radius 2 is 2.06 bits per heavy atom. The van der Waals surface area contributed by atoms with Gasteiger partial charge in [0.05, 0.1) is 6.61 Å². The molecule has 1 aliphatic carbocycles. The quantitative estimate of drug-likeness (QED) is 0.731. The average molecular weight is 227 g/mol. The molecule has 5 heteroatoms. The minimum atomic E-state index is -1.20. The molecule has 1 amide bonds. The maximum Gasteiger partial charge on any atom is 0.331 e. The Morgan fingerprint density at radius 3 is 2.44 bits per heavy atom. The first-order chi connectivity index (χ1) is 7.37. The van der Waals surface area contributed by atoms with Crippen molar-refractivity contribution in [3.63, 3.8) is 0 Å². The van der Waals surface area contributed by atoms with Gasteiger partial charge >= 0.3 is 5.97 Å². The predicted octanol–water partition coefficient (Wildman–Crippen LogP) is 0.392. The van der Waals surface area contributed by atoms with Crippen molar-refractivity contribution in [1.82, 2.24) is 5.32 Å². The topological polar surface area (TPSA) is 75.6 Å². The van der Waals surface area contributed by atoms with Crippen LogP contribution >= 0.6 is 0 Å². The van der Waals surface area contributed by atoms with E-state index in [9.17, 15) is 9.59 Å². The molecule has 1 unspecified atom stereocenters. The van der Waals surface area contributed by atoms with Crippen molar-refractivity contribution in [1.29, 1.82) is 0 Å². The number of carboxylic acids is 1. The fourth-order valence-corrected chi connectivity index (χ4v) is 2.12. The third kappa shape index (κ3) is 1.80. The second-order valence-corrected chi connectivity index (χ2v) is 5.42. The molecule has 90 valence electrons. The first-order valence-corrected chi connectivity index (χ1v) is 5.51. The Morgan fingerprint density at radius 1 is 1.44 bits per heavy atom. The van der Waals surface area contributed by atoms with Gasteiger partial charge in [0, 0.05) is 18.9 Å². The monoisotopic (exact) mass is 227 g/mol.